The van der Waals surface area contributed by atoms with E-state index in [0.717, 1.165) is 41.1 Å². The lowest BCUT2D eigenvalue weighted by molar-refractivity contribution is -0.154. The summed E-state index contributed by atoms with van der Waals surface area (Å²) in [5.41, 5.74) is 4.13. The van der Waals surface area contributed by atoms with Gasteiger partial charge in [0.25, 0.3) is 5.56 Å². The Bertz CT molecular complexity index is 1380. The van der Waals surface area contributed by atoms with Crippen molar-refractivity contribution in [1.29, 1.82) is 0 Å². The first-order valence-electron chi connectivity index (χ1n) is 13.9. The molecule has 2 saturated heterocycles. The van der Waals surface area contributed by atoms with E-state index in [1.54, 1.807) is 18.5 Å². The fraction of sp³-hybridized carbons (Fsp3) is 0.552. The number of fused-ring (bicyclic) bond motifs is 1. The summed E-state index contributed by atoms with van der Waals surface area (Å²) in [7, 11) is 3.84. The van der Waals surface area contributed by atoms with Crippen molar-refractivity contribution in [2.45, 2.75) is 57.7 Å². The maximum atomic E-state index is 12.7. The number of nitrogens with one attached hydrogen (secondary N) is 1. The molecule has 0 radical (unpaired) electrons. The van der Waals surface area contributed by atoms with E-state index >= 15 is 0 Å². The summed E-state index contributed by atoms with van der Waals surface area (Å²) in [5, 5.41) is 13.4. The van der Waals surface area contributed by atoms with Gasteiger partial charge in [-0.3, -0.25) is 14.9 Å². The molecule has 4 atom stereocenters. The number of aliphatic hydroxyl groups excluding tert-OH is 1. The third kappa shape index (κ3) is 6.29. The van der Waals surface area contributed by atoms with E-state index in [1.165, 1.54) is 0 Å². The van der Waals surface area contributed by atoms with Gasteiger partial charge in [-0.2, -0.15) is 0 Å². The number of benzene rings is 1. The number of aryl methyl sites for hydroxylation is 2. The van der Waals surface area contributed by atoms with Gasteiger partial charge in [0.05, 0.1) is 49.6 Å². The number of nitrogens with zero attached hydrogens (tertiary/aromatic N) is 4. The first-order valence-corrected chi connectivity index (χ1v) is 13.9. The molecule has 1 aromatic carbocycles. The number of esters is 1. The number of morpholine rings is 1. The normalized spacial score (nSPS) is 21.5. The molecule has 2 aliphatic rings. The van der Waals surface area contributed by atoms with E-state index in [2.05, 4.69) is 21.8 Å². The van der Waals surface area contributed by atoms with Gasteiger partial charge in [0.2, 0.25) is 0 Å². The highest BCUT2D eigenvalue weighted by atomic mass is 16.6. The van der Waals surface area contributed by atoms with Gasteiger partial charge in [0.15, 0.2) is 0 Å². The van der Waals surface area contributed by atoms with Crippen LogP contribution in [0.5, 0.6) is 0 Å². The molecular formula is C29H39N5O6. The number of carbonyl (C=O) groups is 1. The van der Waals surface area contributed by atoms with Crippen LogP contribution in [0.3, 0.4) is 0 Å². The van der Waals surface area contributed by atoms with E-state index in [4.69, 9.17) is 19.2 Å². The van der Waals surface area contributed by atoms with Gasteiger partial charge in [-0.25, -0.2) is 4.98 Å². The van der Waals surface area contributed by atoms with E-state index in [9.17, 15) is 14.7 Å². The molecule has 2 fully saturated rings. The number of hydrogen-bond acceptors (Lipinski definition) is 9. The highest BCUT2D eigenvalue weighted by molar-refractivity contribution is 5.81. The standard InChI is InChI=1S/C29H39N5O6/c1-18-11-21(14-33(4)28(18)36)27-31-24-12-20(5-6-25(24)34(27)16-23-15-32(3)8-10-39-23)13-30-26(19(2)35)29(37)40-22-7-9-38-17-22/h5-6,11-12,14,19,22-23,26,30,35H,7-10,13,15-17H2,1-4H3/t19-,22+,23?,26+/m1/s1. The largest absolute Gasteiger partial charge is 0.459 e. The third-order valence-electron chi connectivity index (χ3n) is 7.59. The number of likely N-dealkylation sites (N-methyl/N-ethyl adjacent to an activating group) is 1. The Morgan fingerprint density at radius 2 is 2.10 bits per heavy atom. The Morgan fingerprint density at radius 3 is 2.80 bits per heavy atom. The minimum Gasteiger partial charge on any atom is -0.459 e. The predicted octanol–water partition coefficient (Wildman–Crippen LogP) is 1.21. The average molecular weight is 554 g/mol. The summed E-state index contributed by atoms with van der Waals surface area (Å²) < 4.78 is 20.6. The summed E-state index contributed by atoms with van der Waals surface area (Å²) in [6.45, 7) is 7.71. The SMILES string of the molecule is Cc1cc(-c2nc3cc(CN[C@H](C(=O)O[C@H]4CCOC4)[C@@H](C)O)ccc3n2CC2CN(C)CCO2)cn(C)c1=O. The molecule has 2 N–H and O–H groups in total. The zero-order valence-corrected chi connectivity index (χ0v) is 23.6. The number of ether oxygens (including phenoxy) is 3. The van der Waals surface area contributed by atoms with Crippen molar-refractivity contribution in [2.75, 3.05) is 40.0 Å². The number of carbonyl (C=O) groups excluding carboxylic acids is 1. The minimum atomic E-state index is -0.925. The minimum absolute atomic E-state index is 0.00736. The molecule has 0 spiro atoms. The molecule has 0 aliphatic carbocycles. The van der Waals surface area contributed by atoms with Gasteiger partial charge in [-0.15, -0.1) is 0 Å². The first kappa shape index (κ1) is 28.4. The Kier molecular flexibility index (Phi) is 8.67. The Balaban J connectivity index is 1.42. The van der Waals surface area contributed by atoms with E-state index in [-0.39, 0.29) is 17.8 Å². The first-order chi connectivity index (χ1) is 19.2. The molecule has 2 aliphatic heterocycles. The predicted molar refractivity (Wildman–Crippen MR) is 150 cm³/mol. The van der Waals surface area contributed by atoms with E-state index in [0.29, 0.717) is 44.9 Å². The molecule has 11 nitrogen and oxygen atoms in total. The van der Waals surface area contributed by atoms with Crippen molar-refractivity contribution >= 4 is 17.0 Å². The number of aliphatic hydroxyl groups is 1. The van der Waals surface area contributed by atoms with Gasteiger partial charge in [0, 0.05) is 50.4 Å². The lowest BCUT2D eigenvalue weighted by Crippen LogP contribution is -2.46. The van der Waals surface area contributed by atoms with Gasteiger partial charge >= 0.3 is 5.97 Å². The molecule has 216 valence electrons. The fourth-order valence-corrected chi connectivity index (χ4v) is 5.39. The smallest absolute Gasteiger partial charge is 0.326 e. The van der Waals surface area contributed by atoms with Crippen LogP contribution in [0.2, 0.25) is 0 Å². The maximum absolute atomic E-state index is 12.7. The molecule has 40 heavy (non-hydrogen) atoms. The highest BCUT2D eigenvalue weighted by Crippen LogP contribution is 2.27. The summed E-state index contributed by atoms with van der Waals surface area (Å²) in [4.78, 5) is 32.3. The van der Waals surface area contributed by atoms with Crippen LogP contribution in [0, 0.1) is 6.92 Å². The monoisotopic (exact) mass is 553 g/mol. The maximum Gasteiger partial charge on any atom is 0.326 e. The number of rotatable bonds is 9. The van der Waals surface area contributed by atoms with Crippen molar-refractivity contribution < 1.29 is 24.1 Å². The van der Waals surface area contributed by atoms with Gasteiger partial charge in [-0.1, -0.05) is 6.07 Å². The summed E-state index contributed by atoms with van der Waals surface area (Å²) >= 11 is 0. The molecule has 11 heteroatoms. The Labute approximate surface area is 233 Å². The molecule has 3 aromatic rings. The van der Waals surface area contributed by atoms with Gasteiger partial charge in [0.1, 0.15) is 18.0 Å². The summed E-state index contributed by atoms with van der Waals surface area (Å²) in [6, 6.07) is 7.02. The fourth-order valence-electron chi connectivity index (χ4n) is 5.39. The Hall–Kier alpha value is -3.09. The quantitative estimate of drug-likeness (QED) is 0.377. The molecule has 0 amide bonds. The molecule has 5 rings (SSSR count). The topological polar surface area (TPSA) is 120 Å². The molecular weight excluding hydrogens is 514 g/mol. The zero-order chi connectivity index (χ0) is 28.4. The lowest BCUT2D eigenvalue weighted by atomic mass is 10.1. The second kappa shape index (κ2) is 12.2. The van der Waals surface area contributed by atoms with Crippen LogP contribution in [-0.2, 0) is 39.1 Å². The van der Waals surface area contributed by atoms with Crippen molar-refractivity contribution in [1.82, 2.24) is 24.3 Å². The van der Waals surface area contributed by atoms with Crippen LogP contribution in [0.25, 0.3) is 22.4 Å². The Morgan fingerprint density at radius 1 is 1.27 bits per heavy atom. The van der Waals surface area contributed by atoms with Crippen molar-refractivity contribution in [3.05, 3.63) is 51.9 Å². The molecule has 0 bridgehead atoms. The highest BCUT2D eigenvalue weighted by Gasteiger charge is 2.29. The van der Waals surface area contributed by atoms with Gasteiger partial charge < -0.3 is 33.4 Å². The lowest BCUT2D eigenvalue weighted by Gasteiger charge is -2.30. The third-order valence-corrected chi connectivity index (χ3v) is 7.59. The molecule has 1 unspecified atom stereocenters. The molecule has 2 aromatic heterocycles. The number of aromatic nitrogens is 3. The number of hydrogen-bond donors (Lipinski definition) is 2. The van der Waals surface area contributed by atoms with Crippen LogP contribution < -0.4 is 10.9 Å². The van der Waals surface area contributed by atoms with Crippen LogP contribution in [0.4, 0.5) is 0 Å². The van der Waals surface area contributed by atoms with Crippen LogP contribution >= 0.6 is 0 Å². The summed E-state index contributed by atoms with van der Waals surface area (Å²) in [5.74, 6) is 0.278. The molecule has 4 heterocycles. The van der Waals surface area contributed by atoms with Crippen molar-refractivity contribution in [2.24, 2.45) is 7.05 Å². The van der Waals surface area contributed by atoms with Gasteiger partial charge in [-0.05, 0) is 44.7 Å². The van der Waals surface area contributed by atoms with Crippen molar-refractivity contribution in [3.8, 4) is 11.4 Å². The van der Waals surface area contributed by atoms with E-state index in [1.807, 2.05) is 37.4 Å². The van der Waals surface area contributed by atoms with Crippen LogP contribution in [0.15, 0.2) is 35.3 Å². The van der Waals surface area contributed by atoms with Crippen LogP contribution in [0.1, 0.15) is 24.5 Å². The summed E-state index contributed by atoms with van der Waals surface area (Å²) in [6.07, 6.45) is 1.29. The number of imidazole rings is 1. The van der Waals surface area contributed by atoms with E-state index < -0.39 is 18.1 Å². The molecule has 0 saturated carbocycles. The second-order valence-corrected chi connectivity index (χ2v) is 11.0. The number of pyridine rings is 1. The zero-order valence-electron chi connectivity index (χ0n) is 23.6. The second-order valence-electron chi connectivity index (χ2n) is 11.0. The van der Waals surface area contributed by atoms with Crippen LogP contribution in [-0.4, -0.2) is 94.4 Å². The van der Waals surface area contributed by atoms with Crippen molar-refractivity contribution in [3.63, 3.8) is 0 Å². The average Bonchev–Trinajstić information content (AvgIpc) is 3.54.